The highest BCUT2D eigenvalue weighted by Crippen LogP contribution is 2.34. The van der Waals surface area contributed by atoms with Gasteiger partial charge in [-0.1, -0.05) is 51.0 Å². The molecule has 0 bridgehead atoms. The van der Waals surface area contributed by atoms with Crippen LogP contribution in [0.5, 0.6) is 11.5 Å². The summed E-state index contributed by atoms with van der Waals surface area (Å²) in [4.78, 5) is 26.9. The molecule has 0 spiro atoms. The van der Waals surface area contributed by atoms with E-state index in [1.165, 1.54) is 75.3 Å². The highest BCUT2D eigenvalue weighted by atomic mass is 16.5. The molecule has 6 rings (SSSR count). The van der Waals surface area contributed by atoms with Gasteiger partial charge in [-0.05, 0) is 169 Å². The van der Waals surface area contributed by atoms with E-state index < -0.39 is 5.97 Å². The van der Waals surface area contributed by atoms with Crippen LogP contribution in [-0.2, 0) is 14.3 Å². The second-order valence-corrected chi connectivity index (χ2v) is 16.4. The first-order valence-electron chi connectivity index (χ1n) is 21.7. The number of benzene rings is 2. The minimum atomic E-state index is -0.703. The van der Waals surface area contributed by atoms with E-state index in [1.807, 2.05) is 6.92 Å². The molecule has 4 aliphatic rings. The smallest absolute Gasteiger partial charge is 0.307 e. The molecule has 2 aromatic carbocycles. The summed E-state index contributed by atoms with van der Waals surface area (Å²) in [6, 6.07) is 17.6. The molecule has 54 heavy (non-hydrogen) atoms. The molecule has 2 saturated heterocycles. The van der Waals surface area contributed by atoms with E-state index in [2.05, 4.69) is 72.2 Å². The van der Waals surface area contributed by atoms with Crippen LogP contribution in [0.15, 0.2) is 48.5 Å². The average molecular weight is 747 g/mol. The van der Waals surface area contributed by atoms with Crippen molar-refractivity contribution in [2.75, 3.05) is 45.9 Å². The number of carboxylic acid groups (broad SMARTS) is 1. The third kappa shape index (κ3) is 13.9. The number of aliphatic carboxylic acids is 1. The summed E-state index contributed by atoms with van der Waals surface area (Å²) >= 11 is 0. The van der Waals surface area contributed by atoms with Crippen molar-refractivity contribution in [3.63, 3.8) is 0 Å². The molecule has 0 unspecified atom stereocenters. The van der Waals surface area contributed by atoms with Crippen LogP contribution < -0.4 is 9.47 Å². The van der Waals surface area contributed by atoms with Crippen molar-refractivity contribution < 1.29 is 28.9 Å². The molecule has 8 heteroatoms. The minimum Gasteiger partial charge on any atom is -0.490 e. The molecular weight excluding hydrogens is 677 g/mol. The van der Waals surface area contributed by atoms with Crippen molar-refractivity contribution in [3.05, 3.63) is 59.7 Å². The molecule has 8 nitrogen and oxygen atoms in total. The first-order chi connectivity index (χ1) is 26.3. The summed E-state index contributed by atoms with van der Waals surface area (Å²) in [6.07, 6.45) is 18.7. The normalized spacial score (nSPS) is 24.6. The van der Waals surface area contributed by atoms with Gasteiger partial charge in [-0.15, -0.1) is 0 Å². The van der Waals surface area contributed by atoms with Gasteiger partial charge in [0, 0.05) is 13.1 Å². The van der Waals surface area contributed by atoms with E-state index in [0.717, 1.165) is 81.7 Å². The Bertz CT molecular complexity index is 1350. The molecule has 1 N–H and O–H groups in total. The van der Waals surface area contributed by atoms with E-state index in [1.54, 1.807) is 0 Å². The largest absolute Gasteiger partial charge is 0.490 e. The van der Waals surface area contributed by atoms with Gasteiger partial charge in [0.05, 0.1) is 31.7 Å². The predicted octanol–water partition coefficient (Wildman–Crippen LogP) is 9.86. The predicted molar refractivity (Wildman–Crippen MR) is 217 cm³/mol. The summed E-state index contributed by atoms with van der Waals surface area (Å²) < 4.78 is 17.5. The monoisotopic (exact) mass is 747 g/mol. The Kier molecular flexibility index (Phi) is 17.5. The summed E-state index contributed by atoms with van der Waals surface area (Å²) in [5.74, 6) is 4.26. The zero-order valence-electron chi connectivity index (χ0n) is 33.7. The highest BCUT2D eigenvalue weighted by Gasteiger charge is 2.25. The number of likely N-dealkylation sites (tertiary alicyclic amines) is 2. The molecule has 0 aromatic heterocycles. The van der Waals surface area contributed by atoms with Crippen molar-refractivity contribution in [3.8, 4) is 11.5 Å². The van der Waals surface area contributed by atoms with E-state index in [9.17, 15) is 9.59 Å². The maximum absolute atomic E-state index is 11.5. The van der Waals surface area contributed by atoms with Gasteiger partial charge in [-0.3, -0.25) is 9.59 Å². The fourth-order valence-electron chi connectivity index (χ4n) is 9.05. The van der Waals surface area contributed by atoms with Gasteiger partial charge in [0.1, 0.15) is 11.5 Å². The van der Waals surface area contributed by atoms with Crippen LogP contribution in [0.2, 0.25) is 0 Å². The van der Waals surface area contributed by atoms with Crippen LogP contribution >= 0.6 is 0 Å². The van der Waals surface area contributed by atoms with Crippen LogP contribution in [0, 0.1) is 11.8 Å². The number of rotatable bonds is 15. The Hall–Kier alpha value is -3.10. The summed E-state index contributed by atoms with van der Waals surface area (Å²) in [5.41, 5.74) is 2.82. The van der Waals surface area contributed by atoms with Gasteiger partial charge in [-0.25, -0.2) is 0 Å². The lowest BCUT2D eigenvalue weighted by atomic mass is 9.86. The van der Waals surface area contributed by atoms with E-state index >= 15 is 0 Å². The number of hydrogen-bond acceptors (Lipinski definition) is 7. The molecule has 300 valence electrons. The van der Waals surface area contributed by atoms with Gasteiger partial charge in [0.2, 0.25) is 0 Å². The topological polar surface area (TPSA) is 88.5 Å². The highest BCUT2D eigenvalue weighted by molar-refractivity contribution is 5.69. The molecule has 0 amide bonds. The number of piperidine rings is 2. The Morgan fingerprint density at radius 3 is 1.31 bits per heavy atom. The van der Waals surface area contributed by atoms with Crippen molar-refractivity contribution in [2.24, 2.45) is 11.8 Å². The maximum atomic E-state index is 11.5. The van der Waals surface area contributed by atoms with E-state index in [0.29, 0.717) is 43.6 Å². The lowest BCUT2D eigenvalue weighted by molar-refractivity contribution is -0.143. The van der Waals surface area contributed by atoms with Crippen molar-refractivity contribution in [1.82, 2.24) is 9.80 Å². The van der Waals surface area contributed by atoms with Crippen molar-refractivity contribution in [1.29, 1.82) is 0 Å². The molecule has 2 aliphatic carbocycles. The number of ether oxygens (including phenoxy) is 3. The van der Waals surface area contributed by atoms with Gasteiger partial charge >= 0.3 is 11.9 Å². The summed E-state index contributed by atoms with van der Waals surface area (Å²) in [6.45, 7) is 12.5. The molecular formula is C46H70N2O6. The number of nitrogens with zero attached hydrogens (tertiary/aromatic N) is 2. The average Bonchev–Trinajstić information content (AvgIpc) is 3.21. The lowest BCUT2D eigenvalue weighted by Crippen LogP contribution is -2.34. The van der Waals surface area contributed by atoms with Crippen LogP contribution in [-0.4, -0.2) is 84.9 Å². The number of carboxylic acids is 1. The van der Waals surface area contributed by atoms with Gasteiger partial charge < -0.3 is 29.1 Å². The molecule has 2 aromatic rings. The Morgan fingerprint density at radius 2 is 0.963 bits per heavy atom. The maximum Gasteiger partial charge on any atom is 0.307 e. The molecule has 2 saturated carbocycles. The van der Waals surface area contributed by atoms with Crippen LogP contribution in [0.25, 0.3) is 0 Å². The molecule has 2 aliphatic heterocycles. The van der Waals surface area contributed by atoms with Crippen molar-refractivity contribution >= 4 is 11.9 Å². The molecule has 0 radical (unpaired) electrons. The number of carbonyl (C=O) groups is 2. The fourth-order valence-corrected chi connectivity index (χ4v) is 9.05. The Balaban J connectivity index is 0.000000208. The molecule has 4 fully saturated rings. The first-order valence-corrected chi connectivity index (χ1v) is 21.7. The van der Waals surface area contributed by atoms with E-state index in [4.69, 9.17) is 19.3 Å². The standard InChI is InChI=1S/C24H37NO3.C22H33NO3/c1-3-19-5-9-22(10-6-19)28-23-11-7-20(8-12-23)21-13-16-25(17-14-21)18-15-24(26)27-4-2;1-2-17-3-7-20(8-4-17)26-21-9-5-18(6-10-21)19-11-14-23(15-12-19)16-13-22(24)25/h7-8,11-12,19,21-22H,3-6,9-10,13-18H2,1-2H3;5-6,9-10,17,19-20H,2-4,7-8,11-16H2,1H3,(H,24,25). The summed E-state index contributed by atoms with van der Waals surface area (Å²) in [7, 11) is 0. The first kappa shape index (κ1) is 42.1. The van der Waals surface area contributed by atoms with Crippen LogP contribution in [0.1, 0.15) is 146 Å². The van der Waals surface area contributed by atoms with Crippen LogP contribution in [0.4, 0.5) is 0 Å². The van der Waals surface area contributed by atoms with Crippen molar-refractivity contribution in [2.45, 2.75) is 148 Å². The Labute approximate surface area is 326 Å². The third-order valence-corrected chi connectivity index (χ3v) is 12.8. The van der Waals surface area contributed by atoms with Gasteiger partial charge in [0.25, 0.3) is 0 Å². The molecule has 2 heterocycles. The zero-order chi connectivity index (χ0) is 38.1. The second kappa shape index (κ2) is 22.5. The number of esters is 1. The third-order valence-electron chi connectivity index (χ3n) is 12.8. The van der Waals surface area contributed by atoms with Crippen LogP contribution in [0.3, 0.4) is 0 Å². The SMILES string of the molecule is CCC1CCC(Oc2ccc(C3CCN(CCC(=O)O)CC3)cc2)CC1.CCOC(=O)CCN1CCC(c2ccc(OC3CCC(CC)CC3)cc2)CC1. The minimum absolute atomic E-state index is 0.0802. The number of carbonyl (C=O) groups excluding carboxylic acids is 1. The van der Waals surface area contributed by atoms with Gasteiger partial charge in [0.15, 0.2) is 0 Å². The zero-order valence-corrected chi connectivity index (χ0v) is 33.7. The van der Waals surface area contributed by atoms with E-state index in [-0.39, 0.29) is 12.4 Å². The fraction of sp³-hybridized carbons (Fsp3) is 0.696. The van der Waals surface area contributed by atoms with Gasteiger partial charge in [-0.2, -0.15) is 0 Å². The number of hydrogen-bond donors (Lipinski definition) is 1. The lowest BCUT2D eigenvalue weighted by Gasteiger charge is -2.32. The summed E-state index contributed by atoms with van der Waals surface area (Å²) in [5, 5.41) is 8.80. The second-order valence-electron chi connectivity index (χ2n) is 16.4. The molecule has 0 atom stereocenters. The quantitative estimate of drug-likeness (QED) is 0.180. The Morgan fingerprint density at radius 1 is 0.574 bits per heavy atom.